The van der Waals surface area contributed by atoms with Gasteiger partial charge in [0.05, 0.1) is 12.6 Å². The van der Waals surface area contributed by atoms with Gasteiger partial charge >= 0.3 is 0 Å². The van der Waals surface area contributed by atoms with Gasteiger partial charge in [0.25, 0.3) is 5.56 Å². The van der Waals surface area contributed by atoms with Crippen LogP contribution < -0.4 is 10.3 Å². The normalized spacial score (nSPS) is 10.7. The topological polar surface area (TPSA) is 51.5 Å². The van der Waals surface area contributed by atoms with Crippen LogP contribution in [0.1, 0.15) is 5.56 Å². The Hall–Kier alpha value is -1.97. The van der Waals surface area contributed by atoms with Crippen LogP contribution in [0.3, 0.4) is 0 Å². The van der Waals surface area contributed by atoms with Gasteiger partial charge in [0.2, 0.25) is 0 Å². The highest BCUT2D eigenvalue weighted by atomic mass is 16.5. The fourth-order valence-corrected chi connectivity index (χ4v) is 1.84. The third-order valence-corrected chi connectivity index (χ3v) is 2.69. The number of methoxy groups -OCH3 is 1. The van der Waals surface area contributed by atoms with Crippen LogP contribution in [0.25, 0.3) is 10.9 Å². The van der Waals surface area contributed by atoms with Gasteiger partial charge in [-0.1, -0.05) is 0 Å². The van der Waals surface area contributed by atoms with E-state index in [1.165, 1.54) is 17.7 Å². The number of phenols is 1. The summed E-state index contributed by atoms with van der Waals surface area (Å²) in [6, 6.07) is 4.86. The molecule has 0 aliphatic rings. The molecule has 2 rings (SSSR count). The quantitative estimate of drug-likeness (QED) is 0.791. The molecule has 84 valence electrons. The van der Waals surface area contributed by atoms with Gasteiger partial charge in [0, 0.05) is 30.1 Å². The van der Waals surface area contributed by atoms with E-state index in [4.69, 9.17) is 4.74 Å². The second kappa shape index (κ2) is 3.56. The maximum absolute atomic E-state index is 11.7. The van der Waals surface area contributed by atoms with Crippen molar-refractivity contribution in [3.63, 3.8) is 0 Å². The zero-order valence-corrected chi connectivity index (χ0v) is 9.44. The molecule has 0 saturated heterocycles. The highest BCUT2D eigenvalue weighted by Gasteiger charge is 2.09. The molecule has 0 amide bonds. The lowest BCUT2D eigenvalue weighted by Crippen LogP contribution is -2.19. The molecule has 0 bridgehead atoms. The van der Waals surface area contributed by atoms with Crippen LogP contribution in [-0.2, 0) is 7.05 Å². The summed E-state index contributed by atoms with van der Waals surface area (Å²) in [6.07, 6.45) is 0. The molecule has 4 nitrogen and oxygen atoms in total. The first-order chi connectivity index (χ1) is 7.54. The predicted molar refractivity (Wildman–Crippen MR) is 62.1 cm³/mol. The molecule has 0 fully saturated rings. The van der Waals surface area contributed by atoms with Crippen molar-refractivity contribution in [3.8, 4) is 11.5 Å². The van der Waals surface area contributed by atoms with E-state index in [-0.39, 0.29) is 11.3 Å². The van der Waals surface area contributed by atoms with Crippen molar-refractivity contribution in [2.75, 3.05) is 7.11 Å². The number of pyridine rings is 1. The summed E-state index contributed by atoms with van der Waals surface area (Å²) in [7, 11) is 3.21. The van der Waals surface area contributed by atoms with Crippen molar-refractivity contribution in [1.29, 1.82) is 0 Å². The number of phenolic OH excluding ortho intramolecular Hbond substituents is 1. The predicted octanol–water partition coefficient (Wildman–Crippen LogP) is 1.56. The minimum Gasteiger partial charge on any atom is -0.508 e. The lowest BCUT2D eigenvalue weighted by atomic mass is 10.1. The molecule has 0 spiro atoms. The van der Waals surface area contributed by atoms with Gasteiger partial charge in [-0.15, -0.1) is 0 Å². The Kier molecular flexibility index (Phi) is 2.34. The largest absolute Gasteiger partial charge is 0.508 e. The zero-order chi connectivity index (χ0) is 11.9. The molecular formula is C12H13NO3. The van der Waals surface area contributed by atoms with Gasteiger partial charge in [-0.3, -0.25) is 4.79 Å². The van der Waals surface area contributed by atoms with Gasteiger partial charge in [-0.25, -0.2) is 0 Å². The smallest absolute Gasteiger partial charge is 0.253 e. The number of rotatable bonds is 1. The summed E-state index contributed by atoms with van der Waals surface area (Å²) in [5, 5.41) is 10.4. The Balaban J connectivity index is 3.00. The molecule has 1 aromatic heterocycles. The van der Waals surface area contributed by atoms with E-state index in [0.717, 1.165) is 5.39 Å². The van der Waals surface area contributed by atoms with Gasteiger partial charge in [0.15, 0.2) is 0 Å². The van der Waals surface area contributed by atoms with Crippen molar-refractivity contribution in [1.82, 2.24) is 4.57 Å². The Labute approximate surface area is 92.7 Å². The number of nitrogens with zero attached hydrogens (tertiary/aromatic N) is 1. The number of benzene rings is 1. The summed E-state index contributed by atoms with van der Waals surface area (Å²) in [6.45, 7) is 1.76. The third-order valence-electron chi connectivity index (χ3n) is 2.69. The van der Waals surface area contributed by atoms with Gasteiger partial charge in [-0.05, 0) is 13.0 Å². The van der Waals surface area contributed by atoms with Crippen molar-refractivity contribution in [2.24, 2.45) is 7.05 Å². The summed E-state index contributed by atoms with van der Waals surface area (Å²) in [4.78, 5) is 11.7. The van der Waals surface area contributed by atoms with Crippen LogP contribution in [0, 0.1) is 6.92 Å². The van der Waals surface area contributed by atoms with Crippen LogP contribution in [0.5, 0.6) is 11.5 Å². The Bertz CT molecular complexity index is 614. The number of aromatic nitrogens is 1. The molecule has 4 heteroatoms. The minimum atomic E-state index is -0.0693. The van der Waals surface area contributed by atoms with Crippen LogP contribution >= 0.6 is 0 Å². The van der Waals surface area contributed by atoms with Crippen molar-refractivity contribution in [3.05, 3.63) is 34.1 Å². The molecular weight excluding hydrogens is 206 g/mol. The first-order valence-electron chi connectivity index (χ1n) is 4.92. The van der Waals surface area contributed by atoms with E-state index in [9.17, 15) is 9.90 Å². The fraction of sp³-hybridized carbons (Fsp3) is 0.250. The summed E-state index contributed by atoms with van der Waals surface area (Å²) in [5.41, 5.74) is 1.24. The molecule has 1 heterocycles. The van der Waals surface area contributed by atoms with Crippen LogP contribution in [-0.4, -0.2) is 16.8 Å². The number of ether oxygens (including phenoxy) is 1. The minimum absolute atomic E-state index is 0.0693. The Morgan fingerprint density at radius 3 is 2.62 bits per heavy atom. The van der Waals surface area contributed by atoms with Crippen LogP contribution in [0.2, 0.25) is 0 Å². The van der Waals surface area contributed by atoms with Crippen molar-refractivity contribution in [2.45, 2.75) is 6.92 Å². The fourth-order valence-electron chi connectivity index (χ4n) is 1.84. The zero-order valence-electron chi connectivity index (χ0n) is 9.44. The third kappa shape index (κ3) is 1.43. The van der Waals surface area contributed by atoms with E-state index >= 15 is 0 Å². The molecule has 0 atom stereocenters. The first kappa shape index (κ1) is 10.5. The molecule has 1 N–H and O–H groups in total. The van der Waals surface area contributed by atoms with E-state index < -0.39 is 0 Å². The number of aromatic hydroxyl groups is 1. The van der Waals surface area contributed by atoms with Crippen molar-refractivity contribution < 1.29 is 9.84 Å². The second-order valence-electron chi connectivity index (χ2n) is 3.77. The van der Waals surface area contributed by atoms with Gasteiger partial charge in [0.1, 0.15) is 11.5 Å². The number of hydrogen-bond acceptors (Lipinski definition) is 3. The Morgan fingerprint density at radius 1 is 1.31 bits per heavy atom. The Morgan fingerprint density at radius 2 is 2.00 bits per heavy atom. The van der Waals surface area contributed by atoms with E-state index in [0.29, 0.717) is 16.8 Å². The van der Waals surface area contributed by atoms with Crippen molar-refractivity contribution >= 4 is 10.9 Å². The number of fused-ring (bicyclic) bond motifs is 1. The first-order valence-corrected chi connectivity index (χ1v) is 4.92. The molecule has 2 aromatic rings. The standard InChI is InChI=1S/C12H13NO3/c1-7-4-9-10(13(2)12(7)15)5-8(14)6-11(9)16-3/h4-6,14H,1-3H3. The molecule has 0 aliphatic heterocycles. The SMILES string of the molecule is COc1cc(O)cc2c1cc(C)c(=O)n2C. The molecule has 16 heavy (non-hydrogen) atoms. The van der Waals surface area contributed by atoms with Gasteiger partial charge < -0.3 is 14.4 Å². The van der Waals surface area contributed by atoms with Crippen LogP contribution in [0.15, 0.2) is 23.0 Å². The van der Waals surface area contributed by atoms with Crippen LogP contribution in [0.4, 0.5) is 0 Å². The monoisotopic (exact) mass is 219 g/mol. The summed E-state index contributed by atoms with van der Waals surface area (Å²) >= 11 is 0. The molecule has 0 radical (unpaired) electrons. The van der Waals surface area contributed by atoms with E-state index in [1.54, 1.807) is 26.1 Å². The maximum atomic E-state index is 11.7. The summed E-state index contributed by atoms with van der Waals surface area (Å²) in [5.74, 6) is 0.650. The lowest BCUT2D eigenvalue weighted by Gasteiger charge is -2.10. The molecule has 0 unspecified atom stereocenters. The lowest BCUT2D eigenvalue weighted by molar-refractivity contribution is 0.412. The molecule has 0 aliphatic carbocycles. The average molecular weight is 219 g/mol. The summed E-state index contributed by atoms with van der Waals surface area (Å²) < 4.78 is 6.69. The van der Waals surface area contributed by atoms with Gasteiger partial charge in [-0.2, -0.15) is 0 Å². The van der Waals surface area contributed by atoms with E-state index in [2.05, 4.69) is 0 Å². The highest BCUT2D eigenvalue weighted by Crippen LogP contribution is 2.29. The number of aryl methyl sites for hydroxylation is 2. The second-order valence-corrected chi connectivity index (χ2v) is 3.77. The molecule has 1 aromatic carbocycles. The highest BCUT2D eigenvalue weighted by molar-refractivity contribution is 5.87. The average Bonchev–Trinajstić information content (AvgIpc) is 2.26. The number of hydrogen-bond donors (Lipinski definition) is 1. The maximum Gasteiger partial charge on any atom is 0.253 e. The molecule has 0 saturated carbocycles. The van der Waals surface area contributed by atoms with E-state index in [1.807, 2.05) is 0 Å².